The molecule has 2 heterocycles. The molecule has 0 saturated heterocycles. The van der Waals surface area contributed by atoms with Crippen LogP contribution in [0.5, 0.6) is 0 Å². The molecular weight excluding hydrogens is 282 g/mol. The Bertz CT molecular complexity index is 1060. The summed E-state index contributed by atoms with van der Waals surface area (Å²) in [5.41, 5.74) is 2.78. The minimum atomic E-state index is -0.278. The van der Waals surface area contributed by atoms with Gasteiger partial charge in [-0.3, -0.25) is 4.79 Å². The molecule has 0 saturated carbocycles. The fourth-order valence-corrected chi connectivity index (χ4v) is 2.46. The van der Waals surface area contributed by atoms with Crippen LogP contribution >= 0.6 is 0 Å². The fourth-order valence-electron chi connectivity index (χ4n) is 2.46. The molecule has 0 atom stereocenters. The predicted molar refractivity (Wildman–Crippen MR) is 83.1 cm³/mol. The van der Waals surface area contributed by atoms with E-state index in [9.17, 15) is 9.59 Å². The van der Waals surface area contributed by atoms with Crippen LogP contribution in [-0.2, 0) is 0 Å². The third-order valence-electron chi connectivity index (χ3n) is 3.50. The number of rotatable bonds is 2. The zero-order chi connectivity index (χ0) is 15.1. The number of benzene rings is 2. The first-order chi connectivity index (χ1) is 10.7. The number of para-hydroxylation sites is 1. The van der Waals surface area contributed by atoms with Gasteiger partial charge in [-0.05, 0) is 24.3 Å². The van der Waals surface area contributed by atoms with Gasteiger partial charge in [-0.15, -0.1) is 0 Å². The first-order valence-electron chi connectivity index (χ1n) is 6.70. The molecule has 108 valence electrons. The van der Waals surface area contributed by atoms with Crippen molar-refractivity contribution in [2.75, 3.05) is 5.32 Å². The zero-order valence-electron chi connectivity index (χ0n) is 11.3. The van der Waals surface area contributed by atoms with E-state index in [1.807, 2.05) is 24.3 Å². The number of hydrogen-bond acceptors (Lipinski definition) is 3. The van der Waals surface area contributed by atoms with Crippen molar-refractivity contribution in [2.24, 2.45) is 0 Å². The van der Waals surface area contributed by atoms with Gasteiger partial charge in [-0.2, -0.15) is 0 Å². The number of anilines is 1. The Kier molecular flexibility index (Phi) is 2.62. The number of furan rings is 1. The van der Waals surface area contributed by atoms with Crippen molar-refractivity contribution < 1.29 is 9.21 Å². The maximum Gasteiger partial charge on any atom is 0.323 e. The maximum atomic E-state index is 12.4. The molecule has 4 aromatic rings. The second kappa shape index (κ2) is 4.63. The monoisotopic (exact) mass is 293 g/mol. The van der Waals surface area contributed by atoms with E-state index in [0.29, 0.717) is 27.9 Å². The summed E-state index contributed by atoms with van der Waals surface area (Å²) in [6.07, 6.45) is 1.44. The normalized spacial score (nSPS) is 11.1. The van der Waals surface area contributed by atoms with E-state index in [1.54, 1.807) is 18.2 Å². The largest absolute Gasteiger partial charge is 0.463 e. The lowest BCUT2D eigenvalue weighted by Gasteiger charge is -2.03. The summed E-state index contributed by atoms with van der Waals surface area (Å²) >= 11 is 0. The van der Waals surface area contributed by atoms with E-state index in [1.165, 1.54) is 6.26 Å². The van der Waals surface area contributed by atoms with Gasteiger partial charge in [0.15, 0.2) is 0 Å². The molecule has 2 aromatic carbocycles. The zero-order valence-corrected chi connectivity index (χ0v) is 11.3. The van der Waals surface area contributed by atoms with Crippen molar-refractivity contribution in [3.63, 3.8) is 0 Å². The van der Waals surface area contributed by atoms with Crippen LogP contribution < -0.4 is 11.0 Å². The van der Waals surface area contributed by atoms with Gasteiger partial charge in [0.1, 0.15) is 11.8 Å². The van der Waals surface area contributed by atoms with Crippen molar-refractivity contribution in [3.05, 3.63) is 64.8 Å². The SMILES string of the molecule is O=C(Nc1ccc2[nH]c(=O)[nH]c2c1)c1coc2ccccc12. The highest BCUT2D eigenvalue weighted by Crippen LogP contribution is 2.22. The van der Waals surface area contributed by atoms with Gasteiger partial charge in [0.25, 0.3) is 5.91 Å². The number of aromatic nitrogens is 2. The molecule has 0 aliphatic heterocycles. The second-order valence-electron chi connectivity index (χ2n) is 4.94. The fraction of sp³-hybridized carbons (Fsp3) is 0. The summed E-state index contributed by atoms with van der Waals surface area (Å²) in [5, 5.41) is 3.56. The standard InChI is InChI=1S/C16H11N3O3/c20-15(11-8-22-14-4-2-1-3-10(11)14)17-9-5-6-12-13(7-9)19-16(21)18-12/h1-8H,(H,17,20)(H2,18,19,21). The Hall–Kier alpha value is -3.28. The molecule has 0 unspecified atom stereocenters. The number of amides is 1. The number of hydrogen-bond donors (Lipinski definition) is 3. The second-order valence-corrected chi connectivity index (χ2v) is 4.94. The topological polar surface area (TPSA) is 90.9 Å². The Morgan fingerprint density at radius 2 is 1.86 bits per heavy atom. The first kappa shape index (κ1) is 12.5. The van der Waals surface area contributed by atoms with Crippen molar-refractivity contribution in [2.45, 2.75) is 0 Å². The first-order valence-corrected chi connectivity index (χ1v) is 6.70. The third-order valence-corrected chi connectivity index (χ3v) is 3.50. The van der Waals surface area contributed by atoms with Crippen molar-refractivity contribution >= 4 is 33.6 Å². The number of fused-ring (bicyclic) bond motifs is 2. The quantitative estimate of drug-likeness (QED) is 0.530. The molecular formula is C16H11N3O3. The smallest absolute Gasteiger partial charge is 0.323 e. The highest BCUT2D eigenvalue weighted by atomic mass is 16.3. The van der Waals surface area contributed by atoms with Crippen LogP contribution in [0.4, 0.5) is 5.69 Å². The van der Waals surface area contributed by atoms with Crippen LogP contribution in [0.15, 0.2) is 57.9 Å². The number of carbonyl (C=O) groups is 1. The van der Waals surface area contributed by atoms with Crippen LogP contribution in [0.25, 0.3) is 22.0 Å². The predicted octanol–water partition coefficient (Wildman–Crippen LogP) is 2.85. The molecule has 22 heavy (non-hydrogen) atoms. The molecule has 0 spiro atoms. The lowest BCUT2D eigenvalue weighted by molar-refractivity contribution is 0.102. The molecule has 0 fully saturated rings. The molecule has 4 rings (SSSR count). The Labute approximate surface area is 123 Å². The summed E-state index contributed by atoms with van der Waals surface area (Å²) in [7, 11) is 0. The van der Waals surface area contributed by atoms with Crippen molar-refractivity contribution in [3.8, 4) is 0 Å². The third kappa shape index (κ3) is 1.98. The van der Waals surface area contributed by atoms with E-state index in [-0.39, 0.29) is 11.6 Å². The Morgan fingerprint density at radius 3 is 2.77 bits per heavy atom. The highest BCUT2D eigenvalue weighted by molar-refractivity contribution is 6.12. The minimum absolute atomic E-state index is 0.262. The van der Waals surface area contributed by atoms with Crippen LogP contribution in [0.1, 0.15) is 10.4 Å². The van der Waals surface area contributed by atoms with Crippen LogP contribution in [0, 0.1) is 0 Å². The molecule has 2 aromatic heterocycles. The Morgan fingerprint density at radius 1 is 1.05 bits per heavy atom. The van der Waals surface area contributed by atoms with Gasteiger partial charge in [0, 0.05) is 11.1 Å². The summed E-state index contributed by atoms with van der Waals surface area (Å²) in [6, 6.07) is 12.5. The van der Waals surface area contributed by atoms with Gasteiger partial charge in [0.2, 0.25) is 0 Å². The Balaban J connectivity index is 1.69. The van der Waals surface area contributed by atoms with E-state index in [2.05, 4.69) is 15.3 Å². The summed E-state index contributed by atoms with van der Waals surface area (Å²) in [5.74, 6) is -0.262. The molecule has 0 aliphatic carbocycles. The number of imidazole rings is 1. The maximum absolute atomic E-state index is 12.4. The number of aromatic amines is 2. The summed E-state index contributed by atoms with van der Waals surface area (Å²) in [6.45, 7) is 0. The van der Waals surface area contributed by atoms with E-state index >= 15 is 0 Å². The van der Waals surface area contributed by atoms with Gasteiger partial charge >= 0.3 is 5.69 Å². The highest BCUT2D eigenvalue weighted by Gasteiger charge is 2.13. The van der Waals surface area contributed by atoms with Crippen molar-refractivity contribution in [1.29, 1.82) is 0 Å². The average Bonchev–Trinajstić information content (AvgIpc) is 3.09. The lowest BCUT2D eigenvalue weighted by atomic mass is 10.1. The van der Waals surface area contributed by atoms with Crippen molar-refractivity contribution in [1.82, 2.24) is 9.97 Å². The minimum Gasteiger partial charge on any atom is -0.463 e. The van der Waals surface area contributed by atoms with Crippen LogP contribution in [0.2, 0.25) is 0 Å². The van der Waals surface area contributed by atoms with Gasteiger partial charge in [-0.1, -0.05) is 18.2 Å². The van der Waals surface area contributed by atoms with E-state index in [4.69, 9.17) is 4.42 Å². The van der Waals surface area contributed by atoms with Gasteiger partial charge in [-0.25, -0.2) is 4.79 Å². The number of H-pyrrole nitrogens is 2. The molecule has 0 radical (unpaired) electrons. The molecule has 0 aliphatic rings. The summed E-state index contributed by atoms with van der Waals surface area (Å²) in [4.78, 5) is 28.9. The lowest BCUT2D eigenvalue weighted by Crippen LogP contribution is -2.11. The molecule has 0 bridgehead atoms. The van der Waals surface area contributed by atoms with Crippen LogP contribution in [-0.4, -0.2) is 15.9 Å². The average molecular weight is 293 g/mol. The van der Waals surface area contributed by atoms with E-state index in [0.717, 1.165) is 5.39 Å². The molecule has 6 heteroatoms. The van der Waals surface area contributed by atoms with E-state index < -0.39 is 0 Å². The molecule has 3 N–H and O–H groups in total. The molecule has 1 amide bonds. The van der Waals surface area contributed by atoms with Gasteiger partial charge < -0.3 is 19.7 Å². The molecule has 6 nitrogen and oxygen atoms in total. The summed E-state index contributed by atoms with van der Waals surface area (Å²) < 4.78 is 5.37. The van der Waals surface area contributed by atoms with Crippen LogP contribution in [0.3, 0.4) is 0 Å². The number of nitrogens with one attached hydrogen (secondary N) is 3. The van der Waals surface area contributed by atoms with Gasteiger partial charge in [0.05, 0.1) is 16.6 Å². The number of carbonyl (C=O) groups excluding carboxylic acids is 1.